The zero-order valence-electron chi connectivity index (χ0n) is 13.6. The van der Waals surface area contributed by atoms with Gasteiger partial charge in [-0.3, -0.25) is 9.59 Å². The predicted octanol–water partition coefficient (Wildman–Crippen LogP) is 2.74. The van der Waals surface area contributed by atoms with Crippen molar-refractivity contribution in [1.29, 1.82) is 0 Å². The molecule has 0 unspecified atom stereocenters. The van der Waals surface area contributed by atoms with Crippen LogP contribution in [0.2, 0.25) is 0 Å². The summed E-state index contributed by atoms with van der Waals surface area (Å²) in [5, 5.41) is 7.66. The van der Waals surface area contributed by atoms with Crippen LogP contribution in [0.4, 0.5) is 10.8 Å². The molecular formula is C17H17N3O4S. The average Bonchev–Trinajstić information content (AvgIpc) is 3.07. The number of ether oxygens (including phenoxy) is 1. The summed E-state index contributed by atoms with van der Waals surface area (Å²) < 4.78 is 4.93. The Morgan fingerprint density at radius 3 is 2.64 bits per heavy atom. The third-order valence-corrected chi connectivity index (χ3v) is 3.82. The summed E-state index contributed by atoms with van der Waals surface area (Å²) in [5.74, 6) is -1.22. The van der Waals surface area contributed by atoms with Gasteiger partial charge in [0, 0.05) is 23.2 Å². The van der Waals surface area contributed by atoms with Crippen LogP contribution >= 0.6 is 11.3 Å². The highest BCUT2D eigenvalue weighted by molar-refractivity contribution is 7.13. The van der Waals surface area contributed by atoms with Gasteiger partial charge in [0.15, 0.2) is 23.2 Å². The zero-order chi connectivity index (χ0) is 18.2. The number of benzene rings is 1. The van der Waals surface area contributed by atoms with Crippen molar-refractivity contribution in [3.8, 4) is 0 Å². The van der Waals surface area contributed by atoms with E-state index < -0.39 is 18.5 Å². The first-order valence-corrected chi connectivity index (χ1v) is 8.26. The molecule has 8 heteroatoms. The largest absolute Gasteiger partial charge is 0.451 e. The summed E-state index contributed by atoms with van der Waals surface area (Å²) in [6.07, 6.45) is 1.67. The average molecular weight is 359 g/mol. The Morgan fingerprint density at radius 1 is 1.28 bits per heavy atom. The molecule has 0 fully saturated rings. The van der Waals surface area contributed by atoms with Crippen LogP contribution in [0.1, 0.15) is 27.8 Å². The molecule has 0 aliphatic carbocycles. The maximum Gasteiger partial charge on any atom is 0.358 e. The smallest absolute Gasteiger partial charge is 0.358 e. The third-order valence-electron chi connectivity index (χ3n) is 3.02. The van der Waals surface area contributed by atoms with Crippen LogP contribution in [0.15, 0.2) is 42.3 Å². The molecule has 0 saturated heterocycles. The fourth-order valence-electron chi connectivity index (χ4n) is 1.80. The standard InChI is InChI=1S/C17H17N3O4S/c1-3-8-18-17-20-14(10-25-17)16(23)24-9-15(22)19-13-6-4-12(5-7-13)11(2)21/h3-7,10H,1,8-9H2,2H3,(H,18,20)(H,19,22). The minimum absolute atomic E-state index is 0.0583. The van der Waals surface area contributed by atoms with Crippen LogP contribution < -0.4 is 10.6 Å². The van der Waals surface area contributed by atoms with Crippen molar-refractivity contribution < 1.29 is 19.1 Å². The quantitative estimate of drug-likeness (QED) is 0.427. The van der Waals surface area contributed by atoms with Crippen molar-refractivity contribution in [3.05, 3.63) is 53.6 Å². The molecule has 1 amide bonds. The molecule has 0 spiro atoms. The van der Waals surface area contributed by atoms with E-state index in [1.54, 1.807) is 35.7 Å². The Hall–Kier alpha value is -3.00. The van der Waals surface area contributed by atoms with Crippen LogP contribution in [0, 0.1) is 0 Å². The Kier molecular flexibility index (Phi) is 6.41. The molecule has 2 rings (SSSR count). The zero-order valence-corrected chi connectivity index (χ0v) is 14.4. The Morgan fingerprint density at radius 2 is 2.00 bits per heavy atom. The molecule has 1 aromatic carbocycles. The monoisotopic (exact) mass is 359 g/mol. The molecule has 0 radical (unpaired) electrons. The number of anilines is 2. The maximum atomic E-state index is 11.9. The van der Waals surface area contributed by atoms with Gasteiger partial charge in [-0.25, -0.2) is 9.78 Å². The number of carbonyl (C=O) groups is 3. The molecule has 25 heavy (non-hydrogen) atoms. The molecule has 7 nitrogen and oxygen atoms in total. The summed E-state index contributed by atoms with van der Waals surface area (Å²) in [7, 11) is 0. The van der Waals surface area contributed by atoms with Crippen molar-refractivity contribution in [1.82, 2.24) is 4.98 Å². The van der Waals surface area contributed by atoms with Gasteiger partial charge in [-0.05, 0) is 31.2 Å². The second kappa shape index (κ2) is 8.74. The van der Waals surface area contributed by atoms with E-state index in [1.807, 2.05) is 0 Å². The van der Waals surface area contributed by atoms with Crippen LogP contribution in [0.25, 0.3) is 0 Å². The first kappa shape index (κ1) is 18.3. The first-order valence-electron chi connectivity index (χ1n) is 7.38. The predicted molar refractivity (Wildman–Crippen MR) is 96.2 cm³/mol. The summed E-state index contributed by atoms with van der Waals surface area (Å²) in [4.78, 5) is 38.9. The van der Waals surface area contributed by atoms with E-state index in [9.17, 15) is 14.4 Å². The first-order chi connectivity index (χ1) is 12.0. The maximum absolute atomic E-state index is 11.9. The lowest BCUT2D eigenvalue weighted by Gasteiger charge is -2.06. The van der Waals surface area contributed by atoms with Gasteiger partial charge >= 0.3 is 5.97 Å². The normalized spacial score (nSPS) is 9.96. The van der Waals surface area contributed by atoms with Crippen molar-refractivity contribution in [3.63, 3.8) is 0 Å². The SMILES string of the molecule is C=CCNc1nc(C(=O)OCC(=O)Nc2ccc(C(C)=O)cc2)cs1. The summed E-state index contributed by atoms with van der Waals surface area (Å²) in [6.45, 7) is 5.14. The van der Waals surface area contributed by atoms with Gasteiger partial charge in [-0.1, -0.05) is 6.08 Å². The Bertz CT molecular complexity index is 783. The lowest BCUT2D eigenvalue weighted by molar-refractivity contribution is -0.119. The number of nitrogens with one attached hydrogen (secondary N) is 2. The number of Topliss-reactive ketones (excluding diaryl/α,β-unsaturated/α-hetero) is 1. The molecule has 130 valence electrons. The molecule has 0 aliphatic heterocycles. The molecule has 2 N–H and O–H groups in total. The van der Waals surface area contributed by atoms with Gasteiger partial charge in [0.1, 0.15) is 0 Å². The van der Waals surface area contributed by atoms with Gasteiger partial charge in [-0.15, -0.1) is 17.9 Å². The minimum Gasteiger partial charge on any atom is -0.451 e. The second-order valence-corrected chi connectivity index (χ2v) is 5.82. The van der Waals surface area contributed by atoms with Crippen LogP contribution in [0.5, 0.6) is 0 Å². The van der Waals surface area contributed by atoms with E-state index in [0.29, 0.717) is 22.9 Å². The van der Waals surface area contributed by atoms with Crippen LogP contribution in [0.3, 0.4) is 0 Å². The molecule has 1 heterocycles. The van der Waals surface area contributed by atoms with Crippen LogP contribution in [-0.2, 0) is 9.53 Å². The van der Waals surface area contributed by atoms with E-state index in [2.05, 4.69) is 22.2 Å². The molecular weight excluding hydrogens is 342 g/mol. The highest BCUT2D eigenvalue weighted by atomic mass is 32.1. The number of hydrogen-bond donors (Lipinski definition) is 2. The number of carbonyl (C=O) groups excluding carboxylic acids is 3. The lowest BCUT2D eigenvalue weighted by Crippen LogP contribution is -2.21. The Balaban J connectivity index is 1.82. The third kappa shape index (κ3) is 5.54. The van der Waals surface area contributed by atoms with Crippen molar-refractivity contribution in [2.75, 3.05) is 23.8 Å². The number of hydrogen-bond acceptors (Lipinski definition) is 7. The minimum atomic E-state index is -0.676. The highest BCUT2D eigenvalue weighted by Gasteiger charge is 2.14. The molecule has 2 aromatic rings. The van der Waals surface area contributed by atoms with E-state index in [-0.39, 0.29) is 11.5 Å². The summed E-state index contributed by atoms with van der Waals surface area (Å²) in [5.41, 5.74) is 1.19. The van der Waals surface area contributed by atoms with Gasteiger partial charge in [0.05, 0.1) is 0 Å². The van der Waals surface area contributed by atoms with Gasteiger partial charge in [0.2, 0.25) is 0 Å². The fourth-order valence-corrected chi connectivity index (χ4v) is 2.49. The van der Waals surface area contributed by atoms with E-state index in [4.69, 9.17) is 4.74 Å². The van der Waals surface area contributed by atoms with Crippen molar-refractivity contribution in [2.45, 2.75) is 6.92 Å². The van der Waals surface area contributed by atoms with Gasteiger partial charge in [0.25, 0.3) is 5.91 Å². The molecule has 0 bridgehead atoms. The molecule has 0 aliphatic rings. The van der Waals surface area contributed by atoms with Gasteiger partial charge < -0.3 is 15.4 Å². The second-order valence-electron chi connectivity index (χ2n) is 4.97. The molecule has 0 saturated carbocycles. The fraction of sp³-hybridized carbons (Fsp3) is 0.176. The number of amides is 1. The number of nitrogens with zero attached hydrogens (tertiary/aromatic N) is 1. The molecule has 1 aromatic heterocycles. The Labute approximate surface area is 148 Å². The van der Waals surface area contributed by atoms with Gasteiger partial charge in [-0.2, -0.15) is 0 Å². The van der Waals surface area contributed by atoms with E-state index in [1.165, 1.54) is 18.3 Å². The summed E-state index contributed by atoms with van der Waals surface area (Å²) >= 11 is 1.26. The van der Waals surface area contributed by atoms with E-state index in [0.717, 1.165) is 0 Å². The number of aromatic nitrogens is 1. The lowest BCUT2D eigenvalue weighted by atomic mass is 10.1. The van der Waals surface area contributed by atoms with Crippen molar-refractivity contribution in [2.24, 2.45) is 0 Å². The van der Waals surface area contributed by atoms with E-state index >= 15 is 0 Å². The van der Waals surface area contributed by atoms with Crippen LogP contribution in [-0.4, -0.2) is 35.8 Å². The highest BCUT2D eigenvalue weighted by Crippen LogP contribution is 2.16. The number of rotatable bonds is 8. The number of thiazole rings is 1. The van der Waals surface area contributed by atoms with Crippen molar-refractivity contribution >= 4 is 39.8 Å². The number of ketones is 1. The summed E-state index contributed by atoms with van der Waals surface area (Å²) in [6, 6.07) is 6.43. The molecule has 0 atom stereocenters. The topological polar surface area (TPSA) is 97.4 Å². The number of esters is 1.